The van der Waals surface area contributed by atoms with Crippen molar-refractivity contribution >= 4 is 35.8 Å². The fraction of sp³-hybridized carbons (Fsp3) is 0.429. The molecule has 7 nitrogen and oxygen atoms in total. The maximum Gasteiger partial charge on any atom is 0.232 e. The number of carbonyl (C=O) groups is 1. The van der Waals surface area contributed by atoms with Crippen LogP contribution in [0.3, 0.4) is 0 Å². The van der Waals surface area contributed by atoms with Gasteiger partial charge in [-0.2, -0.15) is 0 Å². The first kappa shape index (κ1) is 23.2. The fourth-order valence-corrected chi connectivity index (χ4v) is 3.22. The van der Waals surface area contributed by atoms with Gasteiger partial charge in [0.1, 0.15) is 5.76 Å². The number of carbonyl (C=O) groups excluding carboxylic acids is 1. The van der Waals surface area contributed by atoms with E-state index in [2.05, 4.69) is 15.6 Å². The molecule has 8 heteroatoms. The minimum atomic E-state index is -0.275. The normalized spacial score (nSPS) is 15.3. The summed E-state index contributed by atoms with van der Waals surface area (Å²) in [7, 11) is 1.73. The Kier molecular flexibility index (Phi) is 9.99. The highest BCUT2D eigenvalue weighted by atomic mass is 127. The highest BCUT2D eigenvalue weighted by molar-refractivity contribution is 14.0. The summed E-state index contributed by atoms with van der Waals surface area (Å²) in [4.78, 5) is 19.3. The Hall–Kier alpha value is -2.07. The van der Waals surface area contributed by atoms with E-state index in [-0.39, 0.29) is 35.8 Å². The summed E-state index contributed by atoms with van der Waals surface area (Å²) in [5.74, 6) is 1.44. The van der Waals surface area contributed by atoms with Gasteiger partial charge >= 0.3 is 0 Å². The number of furan rings is 1. The van der Waals surface area contributed by atoms with Gasteiger partial charge in [0.25, 0.3) is 0 Å². The van der Waals surface area contributed by atoms with Crippen molar-refractivity contribution in [1.29, 1.82) is 0 Å². The number of morpholine rings is 1. The van der Waals surface area contributed by atoms with Gasteiger partial charge in [-0.05, 0) is 17.7 Å². The zero-order chi connectivity index (χ0) is 19.6. The maximum absolute atomic E-state index is 13.1. The van der Waals surface area contributed by atoms with Crippen molar-refractivity contribution in [3.05, 3.63) is 60.1 Å². The third kappa shape index (κ3) is 7.04. The molecular weight excluding hydrogens is 483 g/mol. The third-order valence-corrected chi connectivity index (χ3v) is 4.76. The average molecular weight is 512 g/mol. The molecule has 29 heavy (non-hydrogen) atoms. The molecule has 0 spiro atoms. The molecule has 1 aliphatic rings. The van der Waals surface area contributed by atoms with Crippen LogP contribution in [0.4, 0.5) is 0 Å². The molecule has 1 unspecified atom stereocenters. The van der Waals surface area contributed by atoms with Gasteiger partial charge in [0.2, 0.25) is 5.91 Å². The number of benzene rings is 1. The molecule has 2 heterocycles. The number of guanidine groups is 1. The molecule has 3 rings (SSSR count). The average Bonchev–Trinajstić information content (AvgIpc) is 3.27. The zero-order valence-corrected chi connectivity index (χ0v) is 19.0. The monoisotopic (exact) mass is 512 g/mol. The Morgan fingerprint density at radius 3 is 2.55 bits per heavy atom. The molecule has 0 saturated carbocycles. The first-order valence-corrected chi connectivity index (χ1v) is 9.66. The van der Waals surface area contributed by atoms with Crippen LogP contribution in [-0.4, -0.2) is 63.2 Å². The molecule has 0 bridgehead atoms. The van der Waals surface area contributed by atoms with Crippen LogP contribution in [0.25, 0.3) is 0 Å². The molecule has 0 radical (unpaired) electrons. The van der Waals surface area contributed by atoms with Gasteiger partial charge in [-0.3, -0.25) is 9.79 Å². The number of halogens is 1. The predicted molar refractivity (Wildman–Crippen MR) is 124 cm³/mol. The number of hydrogen-bond acceptors (Lipinski definition) is 4. The van der Waals surface area contributed by atoms with Crippen molar-refractivity contribution in [2.75, 3.05) is 46.4 Å². The van der Waals surface area contributed by atoms with Gasteiger partial charge in [0, 0.05) is 39.6 Å². The summed E-state index contributed by atoms with van der Waals surface area (Å²) in [5.41, 5.74) is 0.998. The standard InChI is InChI=1S/C21H28N4O3.HI/c1-22-21(23-10-9-18-8-5-13-28-18)24-16-19(17-6-3-2-4-7-17)20(26)25-11-14-27-15-12-25;/h2-8,13,19H,9-12,14-16H2,1H3,(H2,22,23,24);1H. The minimum Gasteiger partial charge on any atom is -0.469 e. The Morgan fingerprint density at radius 2 is 1.90 bits per heavy atom. The first-order valence-electron chi connectivity index (χ1n) is 9.66. The van der Waals surface area contributed by atoms with Crippen LogP contribution >= 0.6 is 24.0 Å². The lowest BCUT2D eigenvalue weighted by Gasteiger charge is -2.31. The smallest absolute Gasteiger partial charge is 0.232 e. The Labute approximate surface area is 188 Å². The van der Waals surface area contributed by atoms with E-state index in [1.165, 1.54) is 0 Å². The molecule has 2 N–H and O–H groups in total. The Morgan fingerprint density at radius 1 is 1.14 bits per heavy atom. The van der Waals surface area contributed by atoms with Crippen LogP contribution in [0.15, 0.2) is 58.1 Å². The second-order valence-electron chi connectivity index (χ2n) is 6.61. The Bertz CT molecular complexity index is 747. The zero-order valence-electron chi connectivity index (χ0n) is 16.7. The summed E-state index contributed by atoms with van der Waals surface area (Å²) in [6.45, 7) is 3.63. The van der Waals surface area contributed by atoms with E-state index in [0.29, 0.717) is 45.4 Å². The van der Waals surface area contributed by atoms with Gasteiger partial charge in [0.05, 0.1) is 25.4 Å². The van der Waals surface area contributed by atoms with E-state index in [4.69, 9.17) is 9.15 Å². The van der Waals surface area contributed by atoms with Gasteiger partial charge in [-0.15, -0.1) is 24.0 Å². The van der Waals surface area contributed by atoms with E-state index in [9.17, 15) is 4.79 Å². The van der Waals surface area contributed by atoms with Crippen molar-refractivity contribution in [1.82, 2.24) is 15.5 Å². The number of ether oxygens (including phenoxy) is 1. The van der Waals surface area contributed by atoms with Crippen LogP contribution in [0, 0.1) is 0 Å². The number of amides is 1. The van der Waals surface area contributed by atoms with E-state index < -0.39 is 0 Å². The molecule has 1 aromatic carbocycles. The molecule has 1 atom stereocenters. The predicted octanol–water partition coefficient (Wildman–Crippen LogP) is 2.25. The summed E-state index contributed by atoms with van der Waals surface area (Å²) in [5, 5.41) is 6.56. The minimum absolute atomic E-state index is 0. The van der Waals surface area contributed by atoms with Gasteiger partial charge in [0.15, 0.2) is 5.96 Å². The van der Waals surface area contributed by atoms with Crippen LogP contribution in [-0.2, 0) is 16.0 Å². The van der Waals surface area contributed by atoms with Crippen molar-refractivity contribution in [3.8, 4) is 0 Å². The van der Waals surface area contributed by atoms with Crippen LogP contribution in [0.2, 0.25) is 0 Å². The van der Waals surface area contributed by atoms with E-state index in [1.807, 2.05) is 47.4 Å². The lowest BCUT2D eigenvalue weighted by atomic mass is 9.97. The molecule has 1 amide bonds. The molecule has 1 fully saturated rings. The number of hydrogen-bond donors (Lipinski definition) is 2. The lowest BCUT2D eigenvalue weighted by Crippen LogP contribution is -2.47. The quantitative estimate of drug-likeness (QED) is 0.338. The van der Waals surface area contributed by atoms with Crippen molar-refractivity contribution in [3.63, 3.8) is 0 Å². The maximum atomic E-state index is 13.1. The topological polar surface area (TPSA) is 79.1 Å². The van der Waals surface area contributed by atoms with Crippen molar-refractivity contribution in [2.45, 2.75) is 12.3 Å². The van der Waals surface area contributed by atoms with Gasteiger partial charge < -0.3 is 24.7 Å². The van der Waals surface area contributed by atoms with E-state index >= 15 is 0 Å². The molecule has 1 aliphatic heterocycles. The summed E-state index contributed by atoms with van der Waals surface area (Å²) < 4.78 is 10.7. The molecular formula is C21H29IN4O3. The number of rotatable bonds is 7. The fourth-order valence-electron chi connectivity index (χ4n) is 3.22. The van der Waals surface area contributed by atoms with Crippen molar-refractivity contribution in [2.24, 2.45) is 4.99 Å². The molecule has 158 valence electrons. The lowest BCUT2D eigenvalue weighted by molar-refractivity contribution is -0.136. The summed E-state index contributed by atoms with van der Waals surface area (Å²) in [6.07, 6.45) is 2.44. The molecule has 1 aromatic heterocycles. The molecule has 1 saturated heterocycles. The SMILES string of the molecule is CN=C(NCCc1ccco1)NCC(C(=O)N1CCOCC1)c1ccccc1.I. The van der Waals surface area contributed by atoms with Crippen LogP contribution in [0.1, 0.15) is 17.2 Å². The largest absolute Gasteiger partial charge is 0.469 e. The highest BCUT2D eigenvalue weighted by Gasteiger charge is 2.27. The number of nitrogens with zero attached hydrogens (tertiary/aromatic N) is 2. The Balaban J connectivity index is 0.00000300. The van der Waals surface area contributed by atoms with Gasteiger partial charge in [-0.1, -0.05) is 30.3 Å². The van der Waals surface area contributed by atoms with Gasteiger partial charge in [-0.25, -0.2) is 0 Å². The molecule has 2 aromatic rings. The second kappa shape index (κ2) is 12.5. The van der Waals surface area contributed by atoms with E-state index in [0.717, 1.165) is 17.7 Å². The highest BCUT2D eigenvalue weighted by Crippen LogP contribution is 2.18. The second-order valence-corrected chi connectivity index (χ2v) is 6.61. The van der Waals surface area contributed by atoms with Crippen molar-refractivity contribution < 1.29 is 13.9 Å². The summed E-state index contributed by atoms with van der Waals surface area (Å²) >= 11 is 0. The van der Waals surface area contributed by atoms with E-state index in [1.54, 1.807) is 13.3 Å². The number of aliphatic imine (C=N–C) groups is 1. The van der Waals surface area contributed by atoms with Crippen LogP contribution < -0.4 is 10.6 Å². The van der Waals surface area contributed by atoms with Crippen LogP contribution in [0.5, 0.6) is 0 Å². The first-order chi connectivity index (χ1) is 13.8. The summed E-state index contributed by atoms with van der Waals surface area (Å²) in [6, 6.07) is 13.7. The third-order valence-electron chi connectivity index (χ3n) is 4.76. The number of nitrogens with one attached hydrogen (secondary N) is 2. The molecule has 0 aliphatic carbocycles.